The molecule has 7 heteroatoms. The summed E-state index contributed by atoms with van der Waals surface area (Å²) in [5, 5.41) is 0. The van der Waals surface area contributed by atoms with E-state index in [1.54, 1.807) is 48.5 Å². The molecule has 2 aromatic carbocycles. The molecule has 0 heterocycles. The van der Waals surface area contributed by atoms with E-state index in [4.69, 9.17) is 20.9 Å². The third kappa shape index (κ3) is 6.07. The summed E-state index contributed by atoms with van der Waals surface area (Å²) in [5.74, 6) is 0.544. The number of esters is 2. The van der Waals surface area contributed by atoms with Crippen LogP contribution in [0, 0.1) is 11.8 Å². The van der Waals surface area contributed by atoms with Crippen molar-refractivity contribution in [3.05, 3.63) is 60.2 Å². The van der Waals surface area contributed by atoms with Crippen LogP contribution in [0.3, 0.4) is 0 Å². The first-order valence-corrected chi connectivity index (χ1v) is 9.65. The highest BCUT2D eigenvalue weighted by Gasteiger charge is 2.27. The number of guanidine groups is 1. The fourth-order valence-corrected chi connectivity index (χ4v) is 3.33. The fraction of sp³-hybridized carbons (Fsp3) is 0.318. The predicted molar refractivity (Wildman–Crippen MR) is 110 cm³/mol. The Morgan fingerprint density at radius 3 is 2.10 bits per heavy atom. The van der Waals surface area contributed by atoms with Crippen LogP contribution in [0.5, 0.6) is 11.5 Å². The monoisotopic (exact) mass is 395 g/mol. The number of carbonyl (C=O) groups excluding carboxylic acids is 2. The number of nitrogens with zero attached hydrogens (tertiary/aromatic N) is 1. The number of aliphatic imine (C=N–C) groups is 1. The number of benzene rings is 2. The summed E-state index contributed by atoms with van der Waals surface area (Å²) < 4.78 is 10.8. The van der Waals surface area contributed by atoms with E-state index in [0.29, 0.717) is 29.5 Å². The molecule has 0 amide bonds. The highest BCUT2D eigenvalue weighted by atomic mass is 16.5. The number of ether oxygens (including phenoxy) is 2. The molecular formula is C22H25N3O4. The second-order valence-electron chi connectivity index (χ2n) is 7.13. The zero-order valence-electron chi connectivity index (χ0n) is 16.1. The third-order valence-electron chi connectivity index (χ3n) is 4.97. The van der Waals surface area contributed by atoms with E-state index >= 15 is 0 Å². The van der Waals surface area contributed by atoms with Gasteiger partial charge in [-0.1, -0.05) is 18.2 Å². The van der Waals surface area contributed by atoms with Crippen molar-refractivity contribution in [1.82, 2.24) is 0 Å². The van der Waals surface area contributed by atoms with Crippen LogP contribution in [0.4, 0.5) is 0 Å². The lowest BCUT2D eigenvalue weighted by atomic mass is 9.82. The Bertz CT molecular complexity index is 853. The maximum atomic E-state index is 12.4. The Morgan fingerprint density at radius 2 is 1.48 bits per heavy atom. The van der Waals surface area contributed by atoms with Crippen LogP contribution in [-0.2, 0) is 4.79 Å². The lowest BCUT2D eigenvalue weighted by molar-refractivity contribution is -0.140. The van der Waals surface area contributed by atoms with Gasteiger partial charge in [-0.15, -0.1) is 0 Å². The van der Waals surface area contributed by atoms with Gasteiger partial charge in [-0.25, -0.2) is 4.79 Å². The molecule has 152 valence electrons. The van der Waals surface area contributed by atoms with E-state index in [1.807, 2.05) is 6.07 Å². The minimum Gasteiger partial charge on any atom is -0.426 e. The molecule has 1 aliphatic rings. The fourth-order valence-electron chi connectivity index (χ4n) is 3.33. The molecule has 3 rings (SSSR count). The highest BCUT2D eigenvalue weighted by molar-refractivity contribution is 5.91. The smallest absolute Gasteiger partial charge is 0.343 e. The van der Waals surface area contributed by atoms with Gasteiger partial charge in [0.05, 0.1) is 11.5 Å². The van der Waals surface area contributed by atoms with Crippen LogP contribution in [0.1, 0.15) is 36.0 Å². The molecule has 29 heavy (non-hydrogen) atoms. The van der Waals surface area contributed by atoms with Gasteiger partial charge in [-0.2, -0.15) is 0 Å². The molecule has 4 N–H and O–H groups in total. The summed E-state index contributed by atoms with van der Waals surface area (Å²) >= 11 is 0. The van der Waals surface area contributed by atoms with Crippen LogP contribution in [-0.4, -0.2) is 24.4 Å². The molecule has 1 aliphatic carbocycles. The Labute approximate surface area is 169 Å². The summed E-state index contributed by atoms with van der Waals surface area (Å²) in [5.41, 5.74) is 11.1. The molecule has 0 atom stereocenters. The van der Waals surface area contributed by atoms with E-state index in [2.05, 4.69) is 4.99 Å². The second kappa shape index (κ2) is 9.73. The van der Waals surface area contributed by atoms with Crippen molar-refractivity contribution in [2.24, 2.45) is 28.3 Å². The third-order valence-corrected chi connectivity index (χ3v) is 4.97. The van der Waals surface area contributed by atoms with E-state index in [0.717, 1.165) is 25.7 Å². The van der Waals surface area contributed by atoms with Crippen LogP contribution in [0.2, 0.25) is 0 Å². The Morgan fingerprint density at radius 1 is 0.862 bits per heavy atom. The molecular weight excluding hydrogens is 370 g/mol. The van der Waals surface area contributed by atoms with Crippen molar-refractivity contribution in [3.8, 4) is 11.5 Å². The number of para-hydroxylation sites is 1. The average molecular weight is 395 g/mol. The van der Waals surface area contributed by atoms with E-state index in [9.17, 15) is 9.59 Å². The maximum absolute atomic E-state index is 12.4. The molecule has 1 fully saturated rings. The highest BCUT2D eigenvalue weighted by Crippen LogP contribution is 2.30. The first-order valence-electron chi connectivity index (χ1n) is 9.65. The molecule has 0 spiro atoms. The molecule has 1 saturated carbocycles. The predicted octanol–water partition coefficient (Wildman–Crippen LogP) is 2.89. The molecule has 0 radical (unpaired) electrons. The second-order valence-corrected chi connectivity index (χ2v) is 7.13. The zero-order valence-corrected chi connectivity index (χ0v) is 16.1. The summed E-state index contributed by atoms with van der Waals surface area (Å²) in [6, 6.07) is 15.2. The van der Waals surface area contributed by atoms with Crippen LogP contribution in [0.25, 0.3) is 0 Å². The van der Waals surface area contributed by atoms with E-state index in [1.165, 1.54) is 0 Å². The van der Waals surface area contributed by atoms with Gasteiger partial charge in [-0.05, 0) is 68.0 Å². The van der Waals surface area contributed by atoms with Gasteiger partial charge in [0.15, 0.2) is 5.96 Å². The van der Waals surface area contributed by atoms with Gasteiger partial charge >= 0.3 is 11.9 Å². The number of hydrogen-bond acceptors (Lipinski definition) is 5. The largest absolute Gasteiger partial charge is 0.426 e. The molecule has 2 aromatic rings. The molecule has 0 aliphatic heterocycles. The van der Waals surface area contributed by atoms with Crippen LogP contribution < -0.4 is 20.9 Å². The minimum atomic E-state index is -0.465. The maximum Gasteiger partial charge on any atom is 0.343 e. The van der Waals surface area contributed by atoms with Gasteiger partial charge in [0, 0.05) is 6.54 Å². The molecule has 7 nitrogen and oxygen atoms in total. The summed E-state index contributed by atoms with van der Waals surface area (Å²) in [6.07, 6.45) is 3.29. The van der Waals surface area contributed by atoms with Crippen molar-refractivity contribution >= 4 is 17.9 Å². The van der Waals surface area contributed by atoms with E-state index < -0.39 is 5.97 Å². The number of carbonyl (C=O) groups is 2. The number of hydrogen-bond donors (Lipinski definition) is 2. The van der Waals surface area contributed by atoms with Crippen LogP contribution in [0.15, 0.2) is 59.6 Å². The topological polar surface area (TPSA) is 117 Å². The van der Waals surface area contributed by atoms with Crippen molar-refractivity contribution in [2.75, 3.05) is 6.54 Å². The SMILES string of the molecule is NC(N)=NCC1CCC(C(=O)Oc2ccc(C(=O)Oc3ccccc3)cc2)CC1. The Kier molecular flexibility index (Phi) is 6.84. The van der Waals surface area contributed by atoms with E-state index in [-0.39, 0.29) is 17.8 Å². The van der Waals surface area contributed by atoms with Crippen molar-refractivity contribution < 1.29 is 19.1 Å². The van der Waals surface area contributed by atoms with Crippen molar-refractivity contribution in [3.63, 3.8) is 0 Å². The quantitative estimate of drug-likeness (QED) is 0.336. The average Bonchev–Trinajstić information content (AvgIpc) is 2.74. The van der Waals surface area contributed by atoms with Gasteiger partial charge in [-0.3, -0.25) is 9.79 Å². The molecule has 0 saturated heterocycles. The molecule has 0 unspecified atom stereocenters. The Balaban J connectivity index is 1.49. The van der Waals surface area contributed by atoms with Gasteiger partial charge in [0.25, 0.3) is 0 Å². The molecule has 0 bridgehead atoms. The minimum absolute atomic E-state index is 0.0997. The summed E-state index contributed by atoms with van der Waals surface area (Å²) in [7, 11) is 0. The van der Waals surface area contributed by atoms with Gasteiger partial charge in [0.2, 0.25) is 0 Å². The zero-order chi connectivity index (χ0) is 20.6. The lowest BCUT2D eigenvalue weighted by Gasteiger charge is -2.26. The van der Waals surface area contributed by atoms with Crippen LogP contribution >= 0.6 is 0 Å². The number of rotatable bonds is 6. The summed E-state index contributed by atoms with van der Waals surface area (Å²) in [4.78, 5) is 28.6. The lowest BCUT2D eigenvalue weighted by Crippen LogP contribution is -2.28. The summed E-state index contributed by atoms with van der Waals surface area (Å²) in [6.45, 7) is 0.602. The van der Waals surface area contributed by atoms with Gasteiger partial charge in [0.1, 0.15) is 11.5 Å². The van der Waals surface area contributed by atoms with Gasteiger partial charge < -0.3 is 20.9 Å². The first kappa shape index (κ1) is 20.4. The standard InChI is InChI=1S/C22H25N3O4/c23-22(24)25-14-15-6-8-16(9-7-15)20(26)29-19-12-10-17(11-13-19)21(27)28-18-4-2-1-3-5-18/h1-5,10-13,15-16H,6-9,14H2,(H4,23,24,25). The van der Waals surface area contributed by atoms with Crippen molar-refractivity contribution in [1.29, 1.82) is 0 Å². The number of nitrogens with two attached hydrogens (primary N) is 2. The first-order chi connectivity index (χ1) is 14.0. The normalized spacial score (nSPS) is 18.5. The van der Waals surface area contributed by atoms with Crippen molar-refractivity contribution in [2.45, 2.75) is 25.7 Å². The molecule has 0 aromatic heterocycles. The Hall–Kier alpha value is -3.35.